The predicted octanol–water partition coefficient (Wildman–Crippen LogP) is 2.29. The van der Waals surface area contributed by atoms with E-state index in [1.807, 2.05) is 13.0 Å². The summed E-state index contributed by atoms with van der Waals surface area (Å²) in [6.45, 7) is 3.16. The lowest BCUT2D eigenvalue weighted by Crippen LogP contribution is -2.23. The summed E-state index contributed by atoms with van der Waals surface area (Å²) in [5, 5.41) is 2.70. The highest BCUT2D eigenvalue weighted by atomic mass is 79.9. The van der Waals surface area contributed by atoms with Gasteiger partial charge in [0.15, 0.2) is 0 Å². The molecule has 1 amide bonds. The summed E-state index contributed by atoms with van der Waals surface area (Å²) in [5.41, 5.74) is 0.832. The Bertz CT molecular complexity index is 448. The molecule has 1 aliphatic heterocycles. The molecule has 1 aliphatic rings. The van der Waals surface area contributed by atoms with Gasteiger partial charge < -0.3 is 14.8 Å². The first-order valence-electron chi connectivity index (χ1n) is 6.27. The number of nitrogens with zero attached hydrogens (tertiary/aromatic N) is 1. The van der Waals surface area contributed by atoms with Crippen molar-refractivity contribution in [2.24, 2.45) is 0 Å². The lowest BCUT2D eigenvalue weighted by atomic mass is 10.2. The van der Waals surface area contributed by atoms with Crippen molar-refractivity contribution in [3.05, 3.63) is 22.3 Å². The number of hydrogen-bond donors (Lipinski definition) is 1. The second-order valence-corrected chi connectivity index (χ2v) is 5.32. The lowest BCUT2D eigenvalue weighted by Gasteiger charge is -2.10. The SMILES string of the molecule is Cc1nc(NC(=O)COCC2CCCO2)ccc1Br. The van der Waals surface area contributed by atoms with Gasteiger partial charge in [0.1, 0.15) is 12.4 Å². The number of anilines is 1. The van der Waals surface area contributed by atoms with Crippen molar-refractivity contribution in [2.75, 3.05) is 25.1 Å². The summed E-state index contributed by atoms with van der Waals surface area (Å²) < 4.78 is 11.7. The van der Waals surface area contributed by atoms with Crippen molar-refractivity contribution in [3.63, 3.8) is 0 Å². The Morgan fingerprint density at radius 3 is 3.16 bits per heavy atom. The highest BCUT2D eigenvalue weighted by Crippen LogP contribution is 2.16. The number of pyridine rings is 1. The number of rotatable bonds is 5. The van der Waals surface area contributed by atoms with E-state index < -0.39 is 0 Å². The van der Waals surface area contributed by atoms with Crippen molar-refractivity contribution in [2.45, 2.75) is 25.9 Å². The number of nitrogens with one attached hydrogen (secondary N) is 1. The number of ether oxygens (including phenoxy) is 2. The smallest absolute Gasteiger partial charge is 0.251 e. The van der Waals surface area contributed by atoms with Gasteiger partial charge >= 0.3 is 0 Å². The van der Waals surface area contributed by atoms with E-state index in [1.54, 1.807) is 6.07 Å². The molecular weight excluding hydrogens is 312 g/mol. The topological polar surface area (TPSA) is 60.5 Å². The van der Waals surface area contributed by atoms with E-state index in [0.29, 0.717) is 12.4 Å². The first-order chi connectivity index (χ1) is 9.15. The number of amides is 1. The Morgan fingerprint density at radius 2 is 2.47 bits per heavy atom. The van der Waals surface area contributed by atoms with Gasteiger partial charge in [-0.2, -0.15) is 0 Å². The first-order valence-corrected chi connectivity index (χ1v) is 7.07. The van der Waals surface area contributed by atoms with Crippen LogP contribution >= 0.6 is 15.9 Å². The molecule has 1 saturated heterocycles. The van der Waals surface area contributed by atoms with E-state index in [-0.39, 0.29) is 18.6 Å². The lowest BCUT2D eigenvalue weighted by molar-refractivity contribution is -0.121. The third-order valence-electron chi connectivity index (χ3n) is 2.85. The Balaban J connectivity index is 1.72. The maximum Gasteiger partial charge on any atom is 0.251 e. The van der Waals surface area contributed by atoms with Crippen LogP contribution in [0.5, 0.6) is 0 Å². The van der Waals surface area contributed by atoms with Crippen LogP contribution in [0, 0.1) is 6.92 Å². The van der Waals surface area contributed by atoms with Gasteiger partial charge in [0, 0.05) is 11.1 Å². The van der Waals surface area contributed by atoms with Gasteiger partial charge in [0.2, 0.25) is 0 Å². The molecule has 5 nitrogen and oxygen atoms in total. The number of aromatic nitrogens is 1. The Kier molecular flexibility index (Phi) is 5.30. The Labute approximate surface area is 120 Å². The molecule has 0 aromatic carbocycles. The Morgan fingerprint density at radius 1 is 1.63 bits per heavy atom. The fraction of sp³-hybridized carbons (Fsp3) is 0.538. The molecule has 0 saturated carbocycles. The van der Waals surface area contributed by atoms with Crippen molar-refractivity contribution in [1.29, 1.82) is 0 Å². The molecule has 2 heterocycles. The van der Waals surface area contributed by atoms with Gasteiger partial charge in [-0.3, -0.25) is 4.79 Å². The minimum atomic E-state index is -0.202. The van der Waals surface area contributed by atoms with Gasteiger partial charge in [-0.25, -0.2) is 4.98 Å². The number of carbonyl (C=O) groups is 1. The largest absolute Gasteiger partial charge is 0.376 e. The Hall–Kier alpha value is -0.980. The van der Waals surface area contributed by atoms with E-state index in [9.17, 15) is 4.79 Å². The molecule has 2 rings (SSSR count). The van der Waals surface area contributed by atoms with Gasteiger partial charge in [-0.1, -0.05) is 0 Å². The fourth-order valence-electron chi connectivity index (χ4n) is 1.85. The zero-order valence-corrected chi connectivity index (χ0v) is 12.4. The number of hydrogen-bond acceptors (Lipinski definition) is 4. The number of carbonyl (C=O) groups excluding carboxylic acids is 1. The first kappa shape index (κ1) is 14.4. The van der Waals surface area contributed by atoms with Crippen LogP contribution < -0.4 is 5.32 Å². The molecule has 0 bridgehead atoms. The summed E-state index contributed by atoms with van der Waals surface area (Å²) in [4.78, 5) is 15.9. The molecule has 104 valence electrons. The predicted molar refractivity (Wildman–Crippen MR) is 75.1 cm³/mol. The van der Waals surface area contributed by atoms with E-state index in [1.165, 1.54) is 0 Å². The normalized spacial score (nSPS) is 18.5. The molecule has 6 heteroatoms. The van der Waals surface area contributed by atoms with Crippen LogP contribution in [-0.2, 0) is 14.3 Å². The fourth-order valence-corrected chi connectivity index (χ4v) is 2.07. The van der Waals surface area contributed by atoms with Crippen LogP contribution in [0.2, 0.25) is 0 Å². The maximum absolute atomic E-state index is 11.7. The maximum atomic E-state index is 11.7. The van der Waals surface area contributed by atoms with E-state index in [2.05, 4.69) is 26.2 Å². The zero-order valence-electron chi connectivity index (χ0n) is 10.8. The van der Waals surface area contributed by atoms with Gasteiger partial charge in [-0.15, -0.1) is 0 Å². The van der Waals surface area contributed by atoms with E-state index in [0.717, 1.165) is 29.6 Å². The van der Waals surface area contributed by atoms with Crippen LogP contribution in [0.3, 0.4) is 0 Å². The van der Waals surface area contributed by atoms with E-state index in [4.69, 9.17) is 9.47 Å². The molecule has 1 aromatic rings. The number of halogens is 1. The summed E-state index contributed by atoms with van der Waals surface area (Å²) in [6.07, 6.45) is 2.22. The molecule has 1 N–H and O–H groups in total. The summed E-state index contributed by atoms with van der Waals surface area (Å²) in [5.74, 6) is 0.332. The number of aryl methyl sites for hydroxylation is 1. The van der Waals surface area contributed by atoms with Crippen molar-refractivity contribution in [1.82, 2.24) is 4.98 Å². The van der Waals surface area contributed by atoms with Crippen LogP contribution in [0.15, 0.2) is 16.6 Å². The average Bonchev–Trinajstić information content (AvgIpc) is 2.87. The second-order valence-electron chi connectivity index (χ2n) is 4.46. The van der Waals surface area contributed by atoms with E-state index >= 15 is 0 Å². The quantitative estimate of drug-likeness (QED) is 0.900. The highest BCUT2D eigenvalue weighted by Gasteiger charge is 2.16. The third kappa shape index (κ3) is 4.56. The average molecular weight is 329 g/mol. The molecule has 1 unspecified atom stereocenters. The standard InChI is InChI=1S/C13H17BrN2O3/c1-9-11(14)4-5-12(15-9)16-13(17)8-18-7-10-3-2-6-19-10/h4-5,10H,2-3,6-8H2,1H3,(H,15,16,17). The van der Waals surface area contributed by atoms with Crippen molar-refractivity contribution >= 4 is 27.7 Å². The molecule has 1 fully saturated rings. The van der Waals surface area contributed by atoms with Gasteiger partial charge in [0.25, 0.3) is 5.91 Å². The zero-order chi connectivity index (χ0) is 13.7. The van der Waals surface area contributed by atoms with Crippen molar-refractivity contribution < 1.29 is 14.3 Å². The van der Waals surface area contributed by atoms with Crippen molar-refractivity contribution in [3.8, 4) is 0 Å². The summed E-state index contributed by atoms with van der Waals surface area (Å²) in [6, 6.07) is 3.60. The molecule has 0 aliphatic carbocycles. The van der Waals surface area contributed by atoms with Crippen LogP contribution in [0.25, 0.3) is 0 Å². The molecule has 19 heavy (non-hydrogen) atoms. The highest BCUT2D eigenvalue weighted by molar-refractivity contribution is 9.10. The summed E-state index contributed by atoms with van der Waals surface area (Å²) in [7, 11) is 0. The summed E-state index contributed by atoms with van der Waals surface area (Å²) >= 11 is 3.36. The third-order valence-corrected chi connectivity index (χ3v) is 3.69. The van der Waals surface area contributed by atoms with Gasteiger partial charge in [0.05, 0.1) is 18.4 Å². The van der Waals surface area contributed by atoms with Gasteiger partial charge in [-0.05, 0) is 47.8 Å². The van der Waals surface area contributed by atoms with Crippen LogP contribution in [0.4, 0.5) is 5.82 Å². The molecule has 1 atom stereocenters. The molecule has 0 spiro atoms. The monoisotopic (exact) mass is 328 g/mol. The van der Waals surface area contributed by atoms with Crippen LogP contribution in [0.1, 0.15) is 18.5 Å². The minimum Gasteiger partial charge on any atom is -0.376 e. The van der Waals surface area contributed by atoms with Crippen LogP contribution in [-0.4, -0.2) is 36.8 Å². The second kappa shape index (κ2) is 6.98. The minimum absolute atomic E-state index is 0.0245. The molecule has 0 radical (unpaired) electrons. The molecule has 1 aromatic heterocycles. The molecular formula is C13H17BrN2O3.